The Hall–Kier alpha value is -1.05. The molecular weight excluding hydrogens is 128 g/mol. The van der Waals surface area contributed by atoms with Crippen molar-refractivity contribution in [1.29, 1.82) is 0 Å². The van der Waals surface area contributed by atoms with E-state index < -0.39 is 0 Å². The number of Topliss-reactive ketones (excluding diaryl/α,β-unsaturated/α-hetero) is 1. The van der Waals surface area contributed by atoms with Gasteiger partial charge in [0, 0.05) is 6.42 Å². The van der Waals surface area contributed by atoms with E-state index in [0.717, 1.165) is 5.57 Å². The molecule has 0 unspecified atom stereocenters. The molecule has 0 aliphatic heterocycles. The highest BCUT2D eigenvalue weighted by Crippen LogP contribution is 2.13. The molecule has 2 nitrogen and oxygen atoms in total. The standard InChI is InChI=1S/C8H10O2/c1-6-3-4-7(9)8(5-6)10-2/h3,5H,4H2,1-2H3. The largest absolute Gasteiger partial charge is 0.493 e. The number of methoxy groups -OCH3 is 1. The summed E-state index contributed by atoms with van der Waals surface area (Å²) < 4.78 is 4.84. The van der Waals surface area contributed by atoms with Crippen molar-refractivity contribution in [2.24, 2.45) is 0 Å². The van der Waals surface area contributed by atoms with Gasteiger partial charge in [-0.3, -0.25) is 4.79 Å². The first-order chi connectivity index (χ1) is 4.74. The van der Waals surface area contributed by atoms with Crippen LogP contribution in [0.15, 0.2) is 23.5 Å². The van der Waals surface area contributed by atoms with E-state index in [0.29, 0.717) is 12.2 Å². The molecule has 0 N–H and O–H groups in total. The summed E-state index contributed by atoms with van der Waals surface area (Å²) in [5, 5.41) is 0. The van der Waals surface area contributed by atoms with Crippen molar-refractivity contribution in [3.63, 3.8) is 0 Å². The second-order valence-electron chi connectivity index (χ2n) is 2.29. The van der Waals surface area contributed by atoms with E-state index in [2.05, 4.69) is 0 Å². The SMILES string of the molecule is COC1=CC(C)=CCC1=O. The lowest BCUT2D eigenvalue weighted by Gasteiger charge is -2.07. The van der Waals surface area contributed by atoms with Crippen LogP contribution in [0.3, 0.4) is 0 Å². The Bertz CT molecular complexity index is 211. The average molecular weight is 138 g/mol. The molecule has 10 heavy (non-hydrogen) atoms. The van der Waals surface area contributed by atoms with Gasteiger partial charge in [0.15, 0.2) is 5.76 Å². The number of hydrogen-bond acceptors (Lipinski definition) is 2. The molecule has 0 spiro atoms. The predicted octanol–water partition coefficient (Wildman–Crippen LogP) is 1.44. The third kappa shape index (κ3) is 1.26. The Balaban J connectivity index is 2.83. The molecule has 0 bridgehead atoms. The molecule has 0 aromatic rings. The fourth-order valence-corrected chi connectivity index (χ4v) is 0.873. The Kier molecular flexibility index (Phi) is 1.90. The van der Waals surface area contributed by atoms with Crippen LogP contribution in [-0.4, -0.2) is 12.9 Å². The van der Waals surface area contributed by atoms with E-state index in [9.17, 15) is 4.79 Å². The summed E-state index contributed by atoms with van der Waals surface area (Å²) in [4.78, 5) is 10.9. The predicted molar refractivity (Wildman–Crippen MR) is 38.5 cm³/mol. The molecular formula is C8H10O2. The zero-order chi connectivity index (χ0) is 7.56. The minimum Gasteiger partial charge on any atom is -0.493 e. The molecule has 0 amide bonds. The number of hydrogen-bond donors (Lipinski definition) is 0. The first kappa shape index (κ1) is 7.06. The van der Waals surface area contributed by atoms with E-state index in [1.54, 1.807) is 6.08 Å². The van der Waals surface area contributed by atoms with E-state index in [1.807, 2.05) is 13.0 Å². The highest BCUT2D eigenvalue weighted by atomic mass is 16.5. The number of carbonyl (C=O) groups excluding carboxylic acids is 1. The third-order valence-electron chi connectivity index (χ3n) is 1.46. The van der Waals surface area contributed by atoms with Crippen LogP contribution in [0.25, 0.3) is 0 Å². The molecule has 0 saturated carbocycles. The molecule has 0 fully saturated rings. The molecule has 0 radical (unpaired) electrons. The molecule has 0 aromatic heterocycles. The number of ether oxygens (including phenoxy) is 1. The van der Waals surface area contributed by atoms with E-state index >= 15 is 0 Å². The monoisotopic (exact) mass is 138 g/mol. The Morgan fingerprint density at radius 2 is 2.30 bits per heavy atom. The van der Waals surface area contributed by atoms with Crippen molar-refractivity contribution in [3.8, 4) is 0 Å². The summed E-state index contributed by atoms with van der Waals surface area (Å²) in [7, 11) is 1.52. The van der Waals surface area contributed by atoms with Crippen LogP contribution >= 0.6 is 0 Å². The lowest BCUT2D eigenvalue weighted by molar-refractivity contribution is -0.117. The lowest BCUT2D eigenvalue weighted by Crippen LogP contribution is -2.06. The quantitative estimate of drug-likeness (QED) is 0.548. The van der Waals surface area contributed by atoms with Crippen molar-refractivity contribution >= 4 is 5.78 Å². The fraction of sp³-hybridized carbons (Fsp3) is 0.375. The summed E-state index contributed by atoms with van der Waals surface area (Å²) in [6, 6.07) is 0. The highest BCUT2D eigenvalue weighted by Gasteiger charge is 2.11. The number of allylic oxidation sites excluding steroid dienone is 4. The van der Waals surface area contributed by atoms with Gasteiger partial charge in [0.2, 0.25) is 5.78 Å². The smallest absolute Gasteiger partial charge is 0.201 e. The van der Waals surface area contributed by atoms with Gasteiger partial charge < -0.3 is 4.74 Å². The van der Waals surface area contributed by atoms with Crippen LogP contribution in [0.1, 0.15) is 13.3 Å². The van der Waals surface area contributed by atoms with Crippen LogP contribution in [0.4, 0.5) is 0 Å². The van der Waals surface area contributed by atoms with Gasteiger partial charge in [0.05, 0.1) is 7.11 Å². The Morgan fingerprint density at radius 1 is 1.60 bits per heavy atom. The van der Waals surface area contributed by atoms with Gasteiger partial charge in [-0.15, -0.1) is 0 Å². The molecule has 2 heteroatoms. The zero-order valence-electron chi connectivity index (χ0n) is 6.18. The second-order valence-corrected chi connectivity index (χ2v) is 2.29. The summed E-state index contributed by atoms with van der Waals surface area (Å²) >= 11 is 0. The van der Waals surface area contributed by atoms with Crippen molar-refractivity contribution < 1.29 is 9.53 Å². The van der Waals surface area contributed by atoms with E-state index in [-0.39, 0.29) is 5.78 Å². The second kappa shape index (κ2) is 2.69. The van der Waals surface area contributed by atoms with Gasteiger partial charge in [-0.2, -0.15) is 0 Å². The van der Waals surface area contributed by atoms with Gasteiger partial charge in [-0.25, -0.2) is 0 Å². The number of ketones is 1. The maximum Gasteiger partial charge on any atom is 0.201 e. The number of carbonyl (C=O) groups is 1. The fourth-order valence-electron chi connectivity index (χ4n) is 0.873. The summed E-state index contributed by atoms with van der Waals surface area (Å²) in [6.07, 6.45) is 4.13. The summed E-state index contributed by atoms with van der Waals surface area (Å²) in [5.41, 5.74) is 1.09. The Labute approximate surface area is 60.2 Å². The van der Waals surface area contributed by atoms with Gasteiger partial charge in [-0.1, -0.05) is 11.6 Å². The molecule has 1 aliphatic rings. The first-order valence-corrected chi connectivity index (χ1v) is 3.19. The topological polar surface area (TPSA) is 26.3 Å². The van der Waals surface area contributed by atoms with Gasteiger partial charge >= 0.3 is 0 Å². The first-order valence-electron chi connectivity index (χ1n) is 3.19. The lowest BCUT2D eigenvalue weighted by atomic mass is 10.1. The molecule has 0 heterocycles. The van der Waals surface area contributed by atoms with Crippen molar-refractivity contribution in [1.82, 2.24) is 0 Å². The van der Waals surface area contributed by atoms with Crippen LogP contribution in [-0.2, 0) is 9.53 Å². The minimum atomic E-state index is 0.0631. The molecule has 0 aromatic carbocycles. The van der Waals surface area contributed by atoms with Crippen LogP contribution in [0, 0.1) is 0 Å². The van der Waals surface area contributed by atoms with Gasteiger partial charge in [0.1, 0.15) is 0 Å². The van der Waals surface area contributed by atoms with E-state index in [4.69, 9.17) is 4.74 Å². The molecule has 1 aliphatic carbocycles. The molecule has 0 saturated heterocycles. The van der Waals surface area contributed by atoms with Crippen LogP contribution in [0.5, 0.6) is 0 Å². The van der Waals surface area contributed by atoms with Crippen molar-refractivity contribution in [2.45, 2.75) is 13.3 Å². The normalized spacial score (nSPS) is 18.0. The average Bonchev–Trinajstić information content (AvgIpc) is 1.94. The van der Waals surface area contributed by atoms with E-state index in [1.165, 1.54) is 7.11 Å². The maximum atomic E-state index is 10.9. The highest BCUT2D eigenvalue weighted by molar-refractivity contribution is 5.96. The summed E-state index contributed by atoms with van der Waals surface area (Å²) in [5.74, 6) is 0.535. The molecule has 54 valence electrons. The van der Waals surface area contributed by atoms with Crippen molar-refractivity contribution in [3.05, 3.63) is 23.5 Å². The van der Waals surface area contributed by atoms with Crippen molar-refractivity contribution in [2.75, 3.05) is 7.11 Å². The van der Waals surface area contributed by atoms with Crippen LogP contribution in [0.2, 0.25) is 0 Å². The maximum absolute atomic E-state index is 10.9. The third-order valence-corrected chi connectivity index (χ3v) is 1.46. The number of rotatable bonds is 1. The molecule has 0 atom stereocenters. The molecule has 1 rings (SSSR count). The Morgan fingerprint density at radius 3 is 2.80 bits per heavy atom. The summed E-state index contributed by atoms with van der Waals surface area (Å²) in [6.45, 7) is 1.95. The van der Waals surface area contributed by atoms with Crippen LogP contribution < -0.4 is 0 Å². The minimum absolute atomic E-state index is 0.0631. The van der Waals surface area contributed by atoms with Gasteiger partial charge in [-0.05, 0) is 13.0 Å². The zero-order valence-corrected chi connectivity index (χ0v) is 6.18. The van der Waals surface area contributed by atoms with Gasteiger partial charge in [0.25, 0.3) is 0 Å².